The van der Waals surface area contributed by atoms with Gasteiger partial charge in [0.25, 0.3) is 0 Å². The largest absolute Gasteiger partial charge is 0.593 e. The van der Waals surface area contributed by atoms with Crippen LogP contribution in [-0.2, 0) is 33.9 Å². The Balaban J connectivity index is 1.46. The van der Waals surface area contributed by atoms with Gasteiger partial charge in [-0.3, -0.25) is 0 Å². The summed E-state index contributed by atoms with van der Waals surface area (Å²) in [6.07, 6.45) is 1.33. The Kier molecular flexibility index (Phi) is 10.7. The van der Waals surface area contributed by atoms with Crippen LogP contribution in [0.4, 0.5) is 4.79 Å². The Morgan fingerprint density at radius 1 is 1.21 bits per heavy atom. The minimum Gasteiger partial charge on any atom is -0.593 e. The number of nitrogens with one attached hydrogen (secondary N) is 1. The van der Waals surface area contributed by atoms with Crippen molar-refractivity contribution >= 4 is 17.5 Å². The molecule has 2 aromatic rings. The van der Waals surface area contributed by atoms with Gasteiger partial charge in [0.15, 0.2) is 4.90 Å². The summed E-state index contributed by atoms with van der Waals surface area (Å²) in [6, 6.07) is 14.4. The highest BCUT2D eigenvalue weighted by Gasteiger charge is 2.40. The van der Waals surface area contributed by atoms with E-state index in [0.29, 0.717) is 30.2 Å². The molecule has 4 rings (SSSR count). The maximum absolute atomic E-state index is 13.6. The van der Waals surface area contributed by atoms with E-state index in [0.717, 1.165) is 36.1 Å². The van der Waals surface area contributed by atoms with Crippen LogP contribution in [-0.4, -0.2) is 69.2 Å². The predicted octanol–water partition coefficient (Wildman–Crippen LogP) is 3.73. The number of aryl methyl sites for hydroxylation is 1. The molecule has 1 aliphatic carbocycles. The molecule has 0 radical (unpaired) electrons. The van der Waals surface area contributed by atoms with Crippen molar-refractivity contribution in [1.82, 2.24) is 9.62 Å². The van der Waals surface area contributed by atoms with Crippen LogP contribution in [0.1, 0.15) is 49.8 Å². The van der Waals surface area contributed by atoms with Gasteiger partial charge in [-0.1, -0.05) is 50.2 Å². The van der Waals surface area contributed by atoms with E-state index in [1.54, 1.807) is 16.4 Å². The highest BCUT2D eigenvalue weighted by molar-refractivity contribution is 7.89. The summed E-state index contributed by atoms with van der Waals surface area (Å²) in [5, 5.41) is 24.0. The zero-order valence-electron chi connectivity index (χ0n) is 23.1. The van der Waals surface area contributed by atoms with Crippen LogP contribution in [0.3, 0.4) is 0 Å². The van der Waals surface area contributed by atoms with Crippen LogP contribution >= 0.6 is 0 Å². The van der Waals surface area contributed by atoms with E-state index in [4.69, 9.17) is 9.47 Å². The third-order valence-corrected chi connectivity index (χ3v) is 9.06. The summed E-state index contributed by atoms with van der Waals surface area (Å²) < 4.78 is 26.9. The fraction of sp³-hybridized carbons (Fsp3) is 0.567. The number of amides is 1. The summed E-state index contributed by atoms with van der Waals surface area (Å²) in [5.74, 6) is 0.639. The Labute approximate surface area is 235 Å². The predicted molar refractivity (Wildman–Crippen MR) is 150 cm³/mol. The quantitative estimate of drug-likeness (QED) is 0.340. The van der Waals surface area contributed by atoms with E-state index < -0.39 is 29.6 Å². The van der Waals surface area contributed by atoms with Gasteiger partial charge < -0.3 is 29.6 Å². The number of aliphatic hydroxyl groups is 2. The minimum atomic E-state index is -1.56. The van der Waals surface area contributed by atoms with Crippen LogP contribution < -0.4 is 5.32 Å². The lowest BCUT2D eigenvalue weighted by molar-refractivity contribution is 0.0554. The maximum Gasteiger partial charge on any atom is 0.407 e. The molecule has 2 aliphatic rings. The van der Waals surface area contributed by atoms with Crippen LogP contribution in [0.25, 0.3) is 0 Å². The molecule has 0 aromatic heterocycles. The molecule has 2 fully saturated rings. The molecular formula is C30H42N2O6S. The minimum absolute atomic E-state index is 0.0896. The standard InChI is InChI=1S/C30H42N2O6S/c1-20(2)17-32(39(36)26-10-9-21(3)24(15-26)19-33)18-28(34)27(13-22-7-5-4-6-8-22)31-30(35)38-25-14-23-11-12-37-29(23)16-25/h4-10,15,20,23,25,27-29,33-34H,11-14,16-19H2,1-3H3,(H,31,35)/t23-,25+,27-,28+,29+,39?/m0/s1. The van der Waals surface area contributed by atoms with Crippen molar-refractivity contribution in [3.05, 3.63) is 65.2 Å². The zero-order chi connectivity index (χ0) is 27.9. The molecule has 1 saturated carbocycles. The molecular weight excluding hydrogens is 516 g/mol. The van der Waals surface area contributed by atoms with Gasteiger partial charge in [-0.25, -0.2) is 4.79 Å². The number of aliphatic hydroxyl groups excluding tert-OH is 2. The summed E-state index contributed by atoms with van der Waals surface area (Å²) in [6.45, 7) is 7.18. The summed E-state index contributed by atoms with van der Waals surface area (Å²) in [5.41, 5.74) is 2.61. The number of benzene rings is 2. The zero-order valence-corrected chi connectivity index (χ0v) is 23.9. The number of ether oxygens (including phenoxy) is 2. The average Bonchev–Trinajstić information content (AvgIpc) is 3.50. The fourth-order valence-electron chi connectivity index (χ4n) is 5.53. The van der Waals surface area contributed by atoms with Crippen LogP contribution in [0.5, 0.6) is 0 Å². The Bertz CT molecular complexity index is 1060. The van der Waals surface area contributed by atoms with Gasteiger partial charge in [-0.15, -0.1) is 4.31 Å². The van der Waals surface area contributed by atoms with E-state index in [1.165, 1.54) is 0 Å². The first-order valence-electron chi connectivity index (χ1n) is 13.9. The molecule has 0 spiro atoms. The van der Waals surface area contributed by atoms with Crippen molar-refractivity contribution < 1.29 is 29.0 Å². The number of carbonyl (C=O) groups excluding carboxylic acids is 1. The molecule has 3 N–H and O–H groups in total. The first kappa shape index (κ1) is 29.8. The lowest BCUT2D eigenvalue weighted by Gasteiger charge is -2.31. The van der Waals surface area contributed by atoms with Crippen molar-refractivity contribution in [1.29, 1.82) is 0 Å². The molecule has 1 aliphatic heterocycles. The second-order valence-electron chi connectivity index (χ2n) is 11.2. The number of fused-ring (bicyclic) bond motifs is 1. The van der Waals surface area contributed by atoms with Gasteiger partial charge in [0.05, 0.1) is 42.8 Å². The third-order valence-electron chi connectivity index (χ3n) is 7.63. The normalized spacial score (nSPS) is 23.0. The van der Waals surface area contributed by atoms with Crippen LogP contribution in [0.15, 0.2) is 53.4 Å². The fourth-order valence-corrected chi connectivity index (χ4v) is 6.98. The molecule has 1 unspecified atom stereocenters. The van der Waals surface area contributed by atoms with Crippen molar-refractivity contribution in [2.75, 3.05) is 19.7 Å². The highest BCUT2D eigenvalue weighted by Crippen LogP contribution is 2.37. The average molecular weight is 559 g/mol. The van der Waals surface area contributed by atoms with Gasteiger partial charge in [-0.2, -0.15) is 0 Å². The van der Waals surface area contributed by atoms with E-state index in [1.807, 2.05) is 57.2 Å². The number of nitrogens with zero attached hydrogens (tertiary/aromatic N) is 1. The summed E-state index contributed by atoms with van der Waals surface area (Å²) >= 11 is -1.56. The molecule has 1 saturated heterocycles. The van der Waals surface area contributed by atoms with Gasteiger partial charge in [0, 0.05) is 25.6 Å². The SMILES string of the molecule is Cc1ccc([S+]([O-])N(CC(C)C)C[C@@H](O)[C@H](Cc2ccccc2)NC(=O)O[C@@H]2C[C@@H]3CCO[C@@H]3C2)cc1CO. The van der Waals surface area contributed by atoms with Crippen molar-refractivity contribution in [3.8, 4) is 0 Å². The Morgan fingerprint density at radius 2 is 1.97 bits per heavy atom. The smallest absolute Gasteiger partial charge is 0.407 e. The number of carbonyl (C=O) groups is 1. The van der Waals surface area contributed by atoms with Crippen LogP contribution in [0.2, 0.25) is 0 Å². The maximum atomic E-state index is 13.6. The van der Waals surface area contributed by atoms with Crippen molar-refractivity contribution in [3.63, 3.8) is 0 Å². The number of rotatable bonds is 12. The second-order valence-corrected chi connectivity index (χ2v) is 12.7. The van der Waals surface area contributed by atoms with Gasteiger partial charge in [0.2, 0.25) is 0 Å². The topological polar surface area (TPSA) is 114 Å². The molecule has 1 amide bonds. The van der Waals surface area contributed by atoms with E-state index in [2.05, 4.69) is 5.32 Å². The molecule has 1 heterocycles. The lowest BCUT2D eigenvalue weighted by atomic mass is 10.0. The molecule has 2 aromatic carbocycles. The Morgan fingerprint density at radius 3 is 2.67 bits per heavy atom. The van der Waals surface area contributed by atoms with E-state index >= 15 is 0 Å². The molecule has 9 heteroatoms. The first-order valence-corrected chi connectivity index (χ1v) is 15.0. The van der Waals surface area contributed by atoms with Gasteiger partial charge in [-0.05, 0) is 60.8 Å². The number of hydrogen-bond acceptors (Lipinski definition) is 7. The van der Waals surface area contributed by atoms with Crippen molar-refractivity contribution in [2.24, 2.45) is 11.8 Å². The number of hydrogen-bond donors (Lipinski definition) is 3. The molecule has 39 heavy (non-hydrogen) atoms. The van der Waals surface area contributed by atoms with E-state index in [9.17, 15) is 19.6 Å². The number of alkyl carbamates (subject to hydrolysis) is 1. The second kappa shape index (κ2) is 14.0. The van der Waals surface area contributed by atoms with Gasteiger partial charge >= 0.3 is 6.09 Å². The summed E-state index contributed by atoms with van der Waals surface area (Å²) in [7, 11) is 0. The van der Waals surface area contributed by atoms with Crippen molar-refractivity contribution in [2.45, 2.75) is 82.3 Å². The molecule has 0 bridgehead atoms. The highest BCUT2D eigenvalue weighted by atomic mass is 32.2. The molecule has 214 valence electrons. The van der Waals surface area contributed by atoms with Crippen LogP contribution in [0, 0.1) is 18.8 Å². The molecule has 8 nitrogen and oxygen atoms in total. The summed E-state index contributed by atoms with van der Waals surface area (Å²) in [4.78, 5) is 13.5. The van der Waals surface area contributed by atoms with E-state index in [-0.39, 0.29) is 31.3 Å². The van der Waals surface area contributed by atoms with Gasteiger partial charge in [0.1, 0.15) is 6.10 Å². The molecule has 6 atom stereocenters. The lowest BCUT2D eigenvalue weighted by Crippen LogP contribution is -2.51. The Hall–Kier alpha value is -2.14. The third kappa shape index (κ3) is 8.19. The monoisotopic (exact) mass is 558 g/mol. The first-order chi connectivity index (χ1) is 18.7.